The van der Waals surface area contributed by atoms with Gasteiger partial charge in [-0.05, 0) is 0 Å². The number of nitrogens with two attached hydrogens (primary N) is 1. The van der Waals surface area contributed by atoms with Gasteiger partial charge in [-0.3, -0.25) is 4.79 Å². The first kappa shape index (κ1) is 8.88. The zero-order valence-corrected chi connectivity index (χ0v) is 3.86. The second kappa shape index (κ2) is 3.98. The van der Waals surface area contributed by atoms with Crippen molar-refractivity contribution in [1.82, 2.24) is 0 Å². The van der Waals surface area contributed by atoms with Crippen molar-refractivity contribution >= 4 is 5.91 Å². The average molecular weight is 118 g/mol. The van der Waals surface area contributed by atoms with Crippen molar-refractivity contribution in [2.45, 2.75) is 6.92 Å². The molecule has 0 rings (SSSR count). The van der Waals surface area contributed by atoms with Gasteiger partial charge in [0.2, 0.25) is 5.91 Å². The monoisotopic (exact) mass is 118 g/mol. The summed E-state index contributed by atoms with van der Waals surface area (Å²) in [6, 6.07) is 0. The summed E-state index contributed by atoms with van der Waals surface area (Å²) in [4.78, 5) is 9.22. The molecule has 0 aromatic rings. The molecule has 0 atom stereocenters. The van der Waals surface area contributed by atoms with E-state index in [9.17, 15) is 4.79 Å². The van der Waals surface area contributed by atoms with Gasteiger partial charge in [-0.2, -0.15) is 0 Å². The summed E-state index contributed by atoms with van der Waals surface area (Å²) in [5, 5.41) is 0. The van der Waals surface area contributed by atoms with E-state index >= 15 is 0 Å². The number of hydrogen-bond acceptors (Lipinski definition) is 1. The van der Waals surface area contributed by atoms with Crippen molar-refractivity contribution in [3.05, 3.63) is 0 Å². The second-order valence-electron chi connectivity index (χ2n) is 0.611. The smallest absolute Gasteiger partial charge is 0.214 e. The molecule has 1 amide bonds. The summed E-state index contributed by atoms with van der Waals surface area (Å²) in [6.07, 6.45) is 0. The molecule has 0 saturated heterocycles. The molecule has 2 N–H and O–H groups in total. The van der Waals surface area contributed by atoms with E-state index in [1.807, 2.05) is 0 Å². The van der Waals surface area contributed by atoms with Crippen LogP contribution in [0.25, 0.3) is 0 Å². The van der Waals surface area contributed by atoms with Gasteiger partial charge in [-0.15, -0.1) is 0 Å². The number of hydrogen-bond donors (Lipinski definition) is 1. The number of carbonyl (C=O) groups excluding carboxylic acids is 1. The van der Waals surface area contributed by atoms with Crippen molar-refractivity contribution in [2.75, 3.05) is 0 Å². The minimum atomic E-state index is -0.333. The van der Waals surface area contributed by atoms with Gasteiger partial charge in [0, 0.05) is 23.7 Å². The molecule has 1 radical (unpaired) electrons. The average Bonchev–Trinajstić information content (AvgIpc) is 0.811. The van der Waals surface area contributed by atoms with E-state index in [-0.39, 0.29) is 22.7 Å². The molecule has 0 aliphatic carbocycles. The maximum atomic E-state index is 9.22. The Balaban J connectivity index is 0. The molecule has 0 fully saturated rings. The summed E-state index contributed by atoms with van der Waals surface area (Å²) in [7, 11) is 0. The summed E-state index contributed by atoms with van der Waals surface area (Å²) in [5.74, 6) is -0.333. The summed E-state index contributed by atoms with van der Waals surface area (Å²) < 4.78 is 0. The normalized spacial score (nSPS) is 5.00. The molecular weight excluding hydrogens is 113 g/mol. The number of carbonyl (C=O) groups is 1. The van der Waals surface area contributed by atoms with Crippen LogP contribution in [-0.2, 0) is 21.6 Å². The summed E-state index contributed by atoms with van der Waals surface area (Å²) in [6.45, 7) is 1.31. The first-order chi connectivity index (χ1) is 1.73. The van der Waals surface area contributed by atoms with E-state index in [1.165, 1.54) is 6.92 Å². The van der Waals surface area contributed by atoms with Gasteiger partial charge >= 0.3 is 0 Å². The molecule has 0 bridgehead atoms. The van der Waals surface area contributed by atoms with Crippen molar-refractivity contribution in [2.24, 2.45) is 5.73 Å². The molecule has 0 aromatic carbocycles. The van der Waals surface area contributed by atoms with Crippen LogP contribution in [0.4, 0.5) is 0 Å². The maximum Gasteiger partial charge on any atom is 0.214 e. The topological polar surface area (TPSA) is 43.1 Å². The van der Waals surface area contributed by atoms with Crippen LogP contribution in [0, 0.1) is 0 Å². The Hall–Kier alpha value is -0.0235. The van der Waals surface area contributed by atoms with Crippen LogP contribution >= 0.6 is 0 Å². The third-order valence-electron chi connectivity index (χ3n) is 0. The molecule has 33 valence electrons. The van der Waals surface area contributed by atoms with Crippen LogP contribution < -0.4 is 5.73 Å². The van der Waals surface area contributed by atoms with E-state index in [0.29, 0.717) is 0 Å². The Morgan fingerprint density at radius 1 is 1.80 bits per heavy atom. The van der Waals surface area contributed by atoms with Crippen molar-refractivity contribution < 1.29 is 21.6 Å². The third kappa shape index (κ3) is 28100. The van der Waals surface area contributed by atoms with Gasteiger partial charge < -0.3 is 5.73 Å². The van der Waals surface area contributed by atoms with E-state index < -0.39 is 0 Å². The van der Waals surface area contributed by atoms with Crippen LogP contribution in [0.2, 0.25) is 0 Å². The molecule has 0 unspecified atom stereocenters. The third-order valence-corrected chi connectivity index (χ3v) is 0. The minimum Gasteiger partial charge on any atom is -0.370 e. The molecule has 3 heteroatoms. The van der Waals surface area contributed by atoms with Crippen molar-refractivity contribution in [3.8, 4) is 0 Å². The van der Waals surface area contributed by atoms with Gasteiger partial charge in [0.25, 0.3) is 0 Å². The fourth-order valence-corrected chi connectivity index (χ4v) is 0. The fourth-order valence-electron chi connectivity index (χ4n) is 0. The predicted octanol–water partition coefficient (Wildman–Crippen LogP) is -0.511. The quantitative estimate of drug-likeness (QED) is 0.457. The largest absolute Gasteiger partial charge is 0.370 e. The predicted molar refractivity (Wildman–Crippen MR) is 14.9 cm³/mol. The summed E-state index contributed by atoms with van der Waals surface area (Å²) >= 11 is 0. The summed E-state index contributed by atoms with van der Waals surface area (Å²) in [5.41, 5.74) is 4.47. The molecule has 0 spiro atoms. The van der Waals surface area contributed by atoms with E-state index in [4.69, 9.17) is 0 Å². The standard InChI is InChI=1S/C2H5NO.Co/c1-2(3)4;/h1H3,(H2,3,4);. The van der Waals surface area contributed by atoms with Gasteiger partial charge in [-0.25, -0.2) is 0 Å². The van der Waals surface area contributed by atoms with Crippen LogP contribution in [0.1, 0.15) is 6.92 Å². The van der Waals surface area contributed by atoms with Crippen LogP contribution in [-0.4, -0.2) is 5.91 Å². The molecule has 0 aliphatic rings. The molecule has 2 nitrogen and oxygen atoms in total. The van der Waals surface area contributed by atoms with Gasteiger partial charge in [0.1, 0.15) is 0 Å². The van der Waals surface area contributed by atoms with Crippen molar-refractivity contribution in [1.29, 1.82) is 0 Å². The van der Waals surface area contributed by atoms with E-state index in [1.54, 1.807) is 0 Å². The first-order valence-corrected chi connectivity index (χ1v) is 0.993. The SMILES string of the molecule is CC(N)=O.[Co]. The van der Waals surface area contributed by atoms with Crippen LogP contribution in [0.15, 0.2) is 0 Å². The Bertz CT molecular complexity index is 32.6. The molecule has 5 heavy (non-hydrogen) atoms. The van der Waals surface area contributed by atoms with Crippen LogP contribution in [0.3, 0.4) is 0 Å². The number of amides is 1. The molecule has 0 aliphatic heterocycles. The molecule has 0 heterocycles. The van der Waals surface area contributed by atoms with Gasteiger partial charge in [-0.1, -0.05) is 0 Å². The molecular formula is C2H5CoNO. The van der Waals surface area contributed by atoms with Gasteiger partial charge in [0.05, 0.1) is 0 Å². The Labute approximate surface area is 40.9 Å². The van der Waals surface area contributed by atoms with Gasteiger partial charge in [0.15, 0.2) is 0 Å². The first-order valence-electron chi connectivity index (χ1n) is 0.993. The fraction of sp³-hybridized carbons (Fsp3) is 0.500. The minimum absolute atomic E-state index is 0. The zero-order valence-electron chi connectivity index (χ0n) is 2.82. The second-order valence-corrected chi connectivity index (χ2v) is 0.611. The van der Waals surface area contributed by atoms with Crippen LogP contribution in [0.5, 0.6) is 0 Å². The Morgan fingerprint density at radius 3 is 1.80 bits per heavy atom. The number of rotatable bonds is 0. The Kier molecular flexibility index (Phi) is 7.06. The number of primary amides is 1. The molecule has 0 saturated carbocycles. The van der Waals surface area contributed by atoms with Crippen molar-refractivity contribution in [3.63, 3.8) is 0 Å². The van der Waals surface area contributed by atoms with E-state index in [0.717, 1.165) is 0 Å². The molecule has 0 aromatic heterocycles. The van der Waals surface area contributed by atoms with E-state index in [2.05, 4.69) is 5.73 Å². The maximum absolute atomic E-state index is 9.22. The zero-order chi connectivity index (χ0) is 3.58. The Morgan fingerprint density at radius 2 is 1.80 bits per heavy atom.